The van der Waals surface area contributed by atoms with E-state index < -0.39 is 0 Å². The monoisotopic (exact) mass is 297 g/mol. The van der Waals surface area contributed by atoms with Gasteiger partial charge in [0.25, 0.3) is 5.91 Å². The quantitative estimate of drug-likeness (QED) is 0.593. The zero-order valence-electron chi connectivity index (χ0n) is 11.9. The van der Waals surface area contributed by atoms with E-state index in [9.17, 15) is 4.79 Å². The van der Waals surface area contributed by atoms with E-state index in [-0.39, 0.29) is 12.5 Å². The van der Waals surface area contributed by atoms with Crippen LogP contribution >= 0.6 is 11.6 Å². The predicted molar refractivity (Wildman–Crippen MR) is 80.3 cm³/mol. The van der Waals surface area contributed by atoms with Gasteiger partial charge in [-0.25, -0.2) is 0 Å². The first-order valence-electron chi connectivity index (χ1n) is 6.37. The highest BCUT2D eigenvalue weighted by Crippen LogP contribution is 2.21. The molecule has 0 aliphatic carbocycles. The molecule has 0 heterocycles. The minimum Gasteiger partial charge on any atom is -0.484 e. The van der Waals surface area contributed by atoms with Crippen LogP contribution in [0.3, 0.4) is 0 Å². The van der Waals surface area contributed by atoms with E-state index in [0.29, 0.717) is 30.5 Å². The van der Waals surface area contributed by atoms with Crippen molar-refractivity contribution in [3.63, 3.8) is 0 Å². The molecule has 4 nitrogen and oxygen atoms in total. The molecule has 1 aromatic carbocycles. The van der Waals surface area contributed by atoms with Gasteiger partial charge in [-0.05, 0) is 37.6 Å². The summed E-state index contributed by atoms with van der Waals surface area (Å²) in [5, 5.41) is 3.36. The van der Waals surface area contributed by atoms with Crippen LogP contribution in [0.2, 0.25) is 5.02 Å². The van der Waals surface area contributed by atoms with Crippen molar-refractivity contribution in [1.29, 1.82) is 0 Å². The number of carbonyl (C=O) groups excluding carboxylic acids is 1. The minimum atomic E-state index is -0.182. The Morgan fingerprint density at radius 2 is 2.15 bits per heavy atom. The third-order valence-electron chi connectivity index (χ3n) is 2.41. The van der Waals surface area contributed by atoms with Gasteiger partial charge in [0, 0.05) is 11.6 Å². The number of aryl methyl sites for hydroxylation is 1. The van der Waals surface area contributed by atoms with Crippen molar-refractivity contribution in [2.45, 2.75) is 13.8 Å². The van der Waals surface area contributed by atoms with E-state index in [0.717, 1.165) is 11.1 Å². The van der Waals surface area contributed by atoms with Crippen LogP contribution in [0.15, 0.2) is 30.4 Å². The van der Waals surface area contributed by atoms with Crippen molar-refractivity contribution >= 4 is 17.5 Å². The molecule has 1 amide bonds. The van der Waals surface area contributed by atoms with Crippen molar-refractivity contribution in [2.24, 2.45) is 0 Å². The highest BCUT2D eigenvalue weighted by atomic mass is 35.5. The lowest BCUT2D eigenvalue weighted by atomic mass is 10.2. The lowest BCUT2D eigenvalue weighted by Crippen LogP contribution is -2.31. The van der Waals surface area contributed by atoms with E-state index >= 15 is 0 Å². The summed E-state index contributed by atoms with van der Waals surface area (Å²) < 4.78 is 10.7. The molecule has 110 valence electrons. The van der Waals surface area contributed by atoms with E-state index in [4.69, 9.17) is 21.1 Å². The molecule has 0 spiro atoms. The molecule has 0 aliphatic rings. The molecule has 0 saturated carbocycles. The van der Waals surface area contributed by atoms with Gasteiger partial charge >= 0.3 is 0 Å². The summed E-state index contributed by atoms with van der Waals surface area (Å²) in [6.45, 7) is 8.89. The molecule has 0 saturated heterocycles. The average Bonchev–Trinajstić information content (AvgIpc) is 2.37. The van der Waals surface area contributed by atoms with Gasteiger partial charge in [0.05, 0.1) is 13.2 Å². The second-order valence-electron chi connectivity index (χ2n) is 4.56. The molecule has 0 radical (unpaired) electrons. The first-order chi connectivity index (χ1) is 9.49. The molecule has 1 rings (SSSR count). The SMILES string of the molecule is C=C(C)COCCNC(=O)COc1ccc(Cl)cc1C. The summed E-state index contributed by atoms with van der Waals surface area (Å²) in [6, 6.07) is 5.27. The second kappa shape index (κ2) is 8.61. The molecule has 0 atom stereocenters. The van der Waals surface area contributed by atoms with E-state index in [1.807, 2.05) is 13.8 Å². The van der Waals surface area contributed by atoms with Crippen molar-refractivity contribution in [3.8, 4) is 5.75 Å². The summed E-state index contributed by atoms with van der Waals surface area (Å²) in [4.78, 5) is 11.6. The molecule has 0 bridgehead atoms. The lowest BCUT2D eigenvalue weighted by molar-refractivity contribution is -0.123. The standard InChI is InChI=1S/C15H20ClNO3/c1-11(2)9-19-7-6-17-15(18)10-20-14-5-4-13(16)8-12(14)3/h4-5,8H,1,6-7,9-10H2,2-3H3,(H,17,18). The molecule has 5 heteroatoms. The molecule has 0 aliphatic heterocycles. The van der Waals surface area contributed by atoms with Crippen molar-refractivity contribution in [3.05, 3.63) is 40.9 Å². The molecule has 0 fully saturated rings. The zero-order valence-corrected chi connectivity index (χ0v) is 12.6. The fourth-order valence-electron chi connectivity index (χ4n) is 1.48. The largest absolute Gasteiger partial charge is 0.484 e. The first kappa shape index (κ1) is 16.5. The van der Waals surface area contributed by atoms with Crippen molar-refractivity contribution in [2.75, 3.05) is 26.4 Å². The summed E-state index contributed by atoms with van der Waals surface area (Å²) in [6.07, 6.45) is 0. The zero-order chi connectivity index (χ0) is 15.0. The topological polar surface area (TPSA) is 47.6 Å². The number of hydrogen-bond acceptors (Lipinski definition) is 3. The molecule has 0 unspecified atom stereocenters. The molecular weight excluding hydrogens is 278 g/mol. The van der Waals surface area contributed by atoms with Gasteiger partial charge in [0.1, 0.15) is 5.75 Å². The maximum absolute atomic E-state index is 11.6. The number of ether oxygens (including phenoxy) is 2. The van der Waals surface area contributed by atoms with Crippen molar-refractivity contribution in [1.82, 2.24) is 5.32 Å². The van der Waals surface area contributed by atoms with E-state index in [1.54, 1.807) is 18.2 Å². The number of rotatable bonds is 8. The van der Waals surface area contributed by atoms with Crippen LogP contribution in [0, 0.1) is 6.92 Å². The van der Waals surface area contributed by atoms with Crippen LogP contribution in [0.25, 0.3) is 0 Å². The van der Waals surface area contributed by atoms with Crippen LogP contribution in [-0.4, -0.2) is 32.3 Å². The maximum atomic E-state index is 11.6. The third-order valence-corrected chi connectivity index (χ3v) is 2.65. The Morgan fingerprint density at radius 1 is 1.40 bits per heavy atom. The normalized spacial score (nSPS) is 10.2. The summed E-state index contributed by atoms with van der Waals surface area (Å²) in [7, 11) is 0. The van der Waals surface area contributed by atoms with Gasteiger partial charge < -0.3 is 14.8 Å². The molecule has 1 N–H and O–H groups in total. The highest BCUT2D eigenvalue weighted by Gasteiger charge is 2.04. The predicted octanol–water partition coefficient (Wildman–Crippen LogP) is 2.74. The number of halogens is 1. The first-order valence-corrected chi connectivity index (χ1v) is 6.74. The minimum absolute atomic E-state index is 0.0248. The number of carbonyl (C=O) groups is 1. The number of benzene rings is 1. The summed E-state index contributed by atoms with van der Waals surface area (Å²) in [5.41, 5.74) is 1.85. The Kier molecular flexibility index (Phi) is 7.12. The van der Waals surface area contributed by atoms with Gasteiger partial charge in [-0.3, -0.25) is 4.79 Å². The second-order valence-corrected chi connectivity index (χ2v) is 4.99. The highest BCUT2D eigenvalue weighted by molar-refractivity contribution is 6.30. The molecule has 20 heavy (non-hydrogen) atoms. The molecular formula is C15H20ClNO3. The van der Waals surface area contributed by atoms with Crippen LogP contribution in [0.5, 0.6) is 5.75 Å². The van der Waals surface area contributed by atoms with Crippen LogP contribution in [0.1, 0.15) is 12.5 Å². The van der Waals surface area contributed by atoms with E-state index in [2.05, 4.69) is 11.9 Å². The number of amides is 1. The Morgan fingerprint density at radius 3 is 2.80 bits per heavy atom. The van der Waals surface area contributed by atoms with Gasteiger partial charge in [-0.2, -0.15) is 0 Å². The maximum Gasteiger partial charge on any atom is 0.258 e. The molecule has 1 aromatic rings. The van der Waals surface area contributed by atoms with Gasteiger partial charge in [-0.15, -0.1) is 0 Å². The molecule has 0 aromatic heterocycles. The fourth-order valence-corrected chi connectivity index (χ4v) is 1.70. The van der Waals surface area contributed by atoms with Gasteiger partial charge in [0.15, 0.2) is 6.61 Å². The number of hydrogen-bond donors (Lipinski definition) is 1. The Labute approximate surface area is 124 Å². The smallest absolute Gasteiger partial charge is 0.258 e. The average molecular weight is 298 g/mol. The van der Waals surface area contributed by atoms with Crippen LogP contribution < -0.4 is 10.1 Å². The Bertz CT molecular complexity index is 474. The van der Waals surface area contributed by atoms with Crippen LogP contribution in [-0.2, 0) is 9.53 Å². The summed E-state index contributed by atoms with van der Waals surface area (Å²) in [5.74, 6) is 0.473. The lowest BCUT2D eigenvalue weighted by Gasteiger charge is -2.10. The van der Waals surface area contributed by atoms with Gasteiger partial charge in [0.2, 0.25) is 0 Å². The Hall–Kier alpha value is -1.52. The summed E-state index contributed by atoms with van der Waals surface area (Å²) >= 11 is 5.85. The number of nitrogens with one attached hydrogen (secondary N) is 1. The van der Waals surface area contributed by atoms with E-state index in [1.165, 1.54) is 0 Å². The van der Waals surface area contributed by atoms with Gasteiger partial charge in [-0.1, -0.05) is 23.8 Å². The Balaban J connectivity index is 2.21. The van der Waals surface area contributed by atoms with Crippen molar-refractivity contribution < 1.29 is 14.3 Å². The third kappa shape index (κ3) is 6.59. The fraction of sp³-hybridized carbons (Fsp3) is 0.400. The van der Waals surface area contributed by atoms with Crippen LogP contribution in [0.4, 0.5) is 0 Å².